The van der Waals surface area contributed by atoms with Gasteiger partial charge in [-0.15, -0.1) is 0 Å². The lowest BCUT2D eigenvalue weighted by Crippen LogP contribution is -2.17. The van der Waals surface area contributed by atoms with E-state index in [9.17, 15) is 4.79 Å². The Morgan fingerprint density at radius 3 is 2.79 bits per heavy atom. The molecule has 0 aliphatic rings. The predicted octanol–water partition coefficient (Wildman–Crippen LogP) is 2.83. The summed E-state index contributed by atoms with van der Waals surface area (Å²) in [6.45, 7) is 5.53. The highest BCUT2D eigenvalue weighted by Gasteiger charge is 2.07. The highest BCUT2D eigenvalue weighted by atomic mass is 35.5. The largest absolute Gasteiger partial charge is 0.274 e. The highest BCUT2D eigenvalue weighted by molar-refractivity contribution is 6.20. The molecule has 0 aromatic heterocycles. The first-order chi connectivity index (χ1) is 6.65. The van der Waals surface area contributed by atoms with Crippen molar-refractivity contribution in [1.29, 1.82) is 0 Å². The van der Waals surface area contributed by atoms with Crippen LogP contribution < -0.4 is 0 Å². The van der Waals surface area contributed by atoms with Gasteiger partial charge in [0, 0.05) is 18.7 Å². The van der Waals surface area contributed by atoms with Crippen LogP contribution in [0.5, 0.6) is 0 Å². The predicted molar refractivity (Wildman–Crippen MR) is 58.6 cm³/mol. The van der Waals surface area contributed by atoms with E-state index in [1.54, 1.807) is 6.08 Å². The topological polar surface area (TPSA) is 20.3 Å². The first-order valence-electron chi connectivity index (χ1n) is 4.29. The number of halogens is 1. The Balaban J connectivity index is 2.85. The van der Waals surface area contributed by atoms with Gasteiger partial charge in [-0.25, -0.2) is 0 Å². The molecule has 0 aliphatic heterocycles. The first-order valence-corrected chi connectivity index (χ1v) is 4.63. The van der Waals surface area contributed by atoms with E-state index in [2.05, 4.69) is 6.58 Å². The van der Waals surface area contributed by atoms with Crippen LogP contribution in [0.1, 0.15) is 18.1 Å². The average Bonchev–Trinajstić information content (AvgIpc) is 2.18. The molecule has 0 bridgehead atoms. The maximum absolute atomic E-state index is 10.9. The van der Waals surface area contributed by atoms with E-state index in [4.69, 9.17) is 11.8 Å². The summed E-state index contributed by atoms with van der Waals surface area (Å²) in [5, 5.41) is 0. The average molecular weight is 210 g/mol. The number of carbonyl (C=O) groups is 1. The van der Waals surface area contributed by atoms with E-state index >= 15 is 0 Å². The van der Waals surface area contributed by atoms with Crippen molar-refractivity contribution in [3.63, 3.8) is 0 Å². The monoisotopic (exact) mass is 209 g/mol. The molecule has 0 atom stereocenters. The van der Waals surface area contributed by atoms with E-state index < -0.39 is 0 Å². The fourth-order valence-corrected chi connectivity index (χ4v) is 1.27. The third-order valence-electron chi connectivity index (χ3n) is 1.93. The number of rotatable bonds is 3. The van der Waals surface area contributed by atoms with Crippen molar-refractivity contribution in [2.24, 2.45) is 0 Å². The number of benzene rings is 1. The van der Waals surface area contributed by atoms with Gasteiger partial charge in [-0.05, 0) is 11.1 Å². The minimum Gasteiger partial charge on any atom is -0.274 e. The lowest BCUT2D eigenvalue weighted by molar-refractivity contribution is -0.124. The van der Waals surface area contributed by atoms with E-state index in [1.165, 1.54) is 6.92 Å². The molecule has 0 spiro atoms. The van der Waals surface area contributed by atoms with Gasteiger partial charge in [-0.3, -0.25) is 9.21 Å². The SMILES string of the molecule is C=Cc1ccccc1CN(Cl)C(C)=O. The Labute approximate surface area is 88.9 Å². The summed E-state index contributed by atoms with van der Waals surface area (Å²) in [6, 6.07) is 7.70. The van der Waals surface area contributed by atoms with Gasteiger partial charge in [0.15, 0.2) is 0 Å². The first kappa shape index (κ1) is 10.8. The Bertz CT molecular complexity index is 349. The van der Waals surface area contributed by atoms with Gasteiger partial charge >= 0.3 is 0 Å². The number of hydrogen-bond donors (Lipinski definition) is 0. The zero-order valence-electron chi connectivity index (χ0n) is 8.03. The lowest BCUT2D eigenvalue weighted by atomic mass is 10.1. The summed E-state index contributed by atoms with van der Waals surface area (Å²) in [4.78, 5) is 10.9. The van der Waals surface area contributed by atoms with Crippen LogP contribution in [-0.2, 0) is 11.3 Å². The molecular weight excluding hydrogens is 198 g/mol. The molecule has 74 valence electrons. The molecule has 0 heterocycles. The Kier molecular flexibility index (Phi) is 3.72. The van der Waals surface area contributed by atoms with E-state index in [-0.39, 0.29) is 5.91 Å². The molecule has 0 aliphatic carbocycles. The van der Waals surface area contributed by atoms with Crippen LogP contribution in [0.4, 0.5) is 0 Å². The fraction of sp³-hybridized carbons (Fsp3) is 0.182. The number of hydrogen-bond acceptors (Lipinski definition) is 1. The maximum atomic E-state index is 10.9. The van der Waals surface area contributed by atoms with Crippen molar-refractivity contribution in [3.8, 4) is 0 Å². The fourth-order valence-electron chi connectivity index (χ4n) is 1.14. The number of amides is 1. The van der Waals surface area contributed by atoms with Crippen LogP contribution in [-0.4, -0.2) is 10.3 Å². The summed E-state index contributed by atoms with van der Waals surface area (Å²) >= 11 is 5.73. The van der Waals surface area contributed by atoms with Crippen LogP contribution in [0.25, 0.3) is 6.08 Å². The minimum absolute atomic E-state index is 0.162. The normalized spacial score (nSPS) is 9.57. The zero-order chi connectivity index (χ0) is 10.6. The van der Waals surface area contributed by atoms with Crippen molar-refractivity contribution in [3.05, 3.63) is 42.0 Å². The van der Waals surface area contributed by atoms with Gasteiger partial charge in [-0.1, -0.05) is 36.9 Å². The van der Waals surface area contributed by atoms with Crippen LogP contribution in [0.3, 0.4) is 0 Å². The lowest BCUT2D eigenvalue weighted by Gasteiger charge is -2.12. The van der Waals surface area contributed by atoms with Gasteiger partial charge in [0.05, 0.1) is 6.54 Å². The van der Waals surface area contributed by atoms with Crippen molar-refractivity contribution < 1.29 is 4.79 Å². The molecule has 1 amide bonds. The maximum Gasteiger partial charge on any atom is 0.234 e. The van der Waals surface area contributed by atoms with Gasteiger partial charge < -0.3 is 0 Å². The summed E-state index contributed by atoms with van der Waals surface area (Å²) in [5.74, 6) is -0.162. The molecule has 0 unspecified atom stereocenters. The molecule has 2 nitrogen and oxygen atoms in total. The van der Waals surface area contributed by atoms with Crippen molar-refractivity contribution in [1.82, 2.24) is 4.42 Å². The second kappa shape index (κ2) is 4.82. The molecule has 0 saturated carbocycles. The zero-order valence-corrected chi connectivity index (χ0v) is 8.79. The molecule has 1 aromatic carbocycles. The summed E-state index contributed by atoms with van der Waals surface area (Å²) < 4.78 is 1.16. The summed E-state index contributed by atoms with van der Waals surface area (Å²) in [7, 11) is 0. The summed E-state index contributed by atoms with van der Waals surface area (Å²) in [6.07, 6.45) is 1.75. The van der Waals surface area contributed by atoms with E-state index in [0.717, 1.165) is 15.5 Å². The quantitative estimate of drug-likeness (QED) is 0.701. The van der Waals surface area contributed by atoms with Crippen molar-refractivity contribution >= 4 is 23.8 Å². The van der Waals surface area contributed by atoms with Gasteiger partial charge in [0.25, 0.3) is 0 Å². The Hall–Kier alpha value is -1.28. The molecular formula is C11H12ClNO. The molecule has 3 heteroatoms. The van der Waals surface area contributed by atoms with Gasteiger partial charge in [-0.2, -0.15) is 0 Å². The smallest absolute Gasteiger partial charge is 0.234 e. The molecule has 14 heavy (non-hydrogen) atoms. The molecule has 0 radical (unpaired) electrons. The number of nitrogens with zero attached hydrogens (tertiary/aromatic N) is 1. The van der Waals surface area contributed by atoms with Crippen LogP contribution in [0.2, 0.25) is 0 Å². The second-order valence-electron chi connectivity index (χ2n) is 2.94. The molecule has 0 N–H and O–H groups in total. The Morgan fingerprint density at radius 1 is 1.57 bits per heavy atom. The van der Waals surface area contributed by atoms with Crippen LogP contribution in [0, 0.1) is 0 Å². The minimum atomic E-state index is -0.162. The second-order valence-corrected chi connectivity index (χ2v) is 3.35. The van der Waals surface area contributed by atoms with Crippen molar-refractivity contribution in [2.45, 2.75) is 13.5 Å². The van der Waals surface area contributed by atoms with E-state index in [1.807, 2.05) is 24.3 Å². The third-order valence-corrected chi connectivity index (χ3v) is 2.28. The molecule has 1 rings (SSSR count). The van der Waals surface area contributed by atoms with Crippen LogP contribution in [0.15, 0.2) is 30.8 Å². The van der Waals surface area contributed by atoms with Gasteiger partial charge in [0.2, 0.25) is 5.91 Å². The van der Waals surface area contributed by atoms with E-state index in [0.29, 0.717) is 6.54 Å². The van der Waals surface area contributed by atoms with Crippen LogP contribution >= 0.6 is 11.8 Å². The van der Waals surface area contributed by atoms with Gasteiger partial charge in [0.1, 0.15) is 0 Å². The highest BCUT2D eigenvalue weighted by Crippen LogP contribution is 2.13. The molecule has 0 fully saturated rings. The number of carbonyl (C=O) groups excluding carboxylic acids is 1. The molecule has 0 saturated heterocycles. The Morgan fingerprint density at radius 2 is 2.21 bits per heavy atom. The molecule has 1 aromatic rings. The third kappa shape index (κ3) is 2.60. The summed E-state index contributed by atoms with van der Waals surface area (Å²) in [5.41, 5.74) is 1.99. The van der Waals surface area contributed by atoms with Crippen molar-refractivity contribution in [2.75, 3.05) is 0 Å². The standard InChI is InChI=1S/C11H12ClNO/c1-3-10-6-4-5-7-11(10)8-13(12)9(2)14/h3-7H,1,8H2,2H3.